The third-order valence-corrected chi connectivity index (χ3v) is 6.44. The Morgan fingerprint density at radius 1 is 1.35 bits per heavy atom. The van der Waals surface area contributed by atoms with Gasteiger partial charge in [0.1, 0.15) is 0 Å². The highest BCUT2D eigenvalue weighted by molar-refractivity contribution is 7.89. The first kappa shape index (κ1) is 16.4. The second kappa shape index (κ2) is 6.22. The van der Waals surface area contributed by atoms with Crippen molar-refractivity contribution in [3.8, 4) is 0 Å². The minimum absolute atomic E-state index is 0.0380. The van der Waals surface area contributed by atoms with Gasteiger partial charge >= 0.3 is 5.97 Å². The Bertz CT molecular complexity index is 711. The molecule has 0 aromatic heterocycles. The van der Waals surface area contributed by atoms with Gasteiger partial charge in [0.15, 0.2) is 0 Å². The highest BCUT2D eigenvalue weighted by atomic mass is 32.2. The van der Waals surface area contributed by atoms with Gasteiger partial charge in [0.2, 0.25) is 10.0 Å². The topological polar surface area (TPSA) is 83.9 Å². The predicted molar refractivity (Wildman–Crippen MR) is 84.0 cm³/mol. The van der Waals surface area contributed by atoms with E-state index in [0.29, 0.717) is 31.0 Å². The van der Waals surface area contributed by atoms with E-state index in [1.54, 1.807) is 6.92 Å². The van der Waals surface area contributed by atoms with Crippen molar-refractivity contribution in [2.24, 2.45) is 5.92 Å². The van der Waals surface area contributed by atoms with Crippen LogP contribution in [0.3, 0.4) is 0 Å². The largest absolute Gasteiger partial charge is 0.478 e. The Balaban J connectivity index is 1.72. The van der Waals surface area contributed by atoms with Crippen molar-refractivity contribution >= 4 is 16.0 Å². The van der Waals surface area contributed by atoms with Gasteiger partial charge in [-0.1, -0.05) is 0 Å². The fourth-order valence-corrected chi connectivity index (χ4v) is 4.51. The first-order chi connectivity index (χ1) is 10.9. The highest BCUT2D eigenvalue weighted by Crippen LogP contribution is 2.31. The second-order valence-electron chi connectivity index (χ2n) is 6.34. The lowest BCUT2D eigenvalue weighted by molar-refractivity contribution is 0.0561. The summed E-state index contributed by atoms with van der Waals surface area (Å²) in [5.74, 6) is -0.404. The summed E-state index contributed by atoms with van der Waals surface area (Å²) in [5, 5.41) is 8.98. The van der Waals surface area contributed by atoms with Crippen molar-refractivity contribution in [2.75, 3.05) is 19.7 Å². The molecule has 3 rings (SSSR count). The lowest BCUT2D eigenvalue weighted by Crippen LogP contribution is -2.31. The standard InChI is InChI=1S/C16H21NO5S/c1-11-8-13(16(18)19)4-5-15(11)23(20,21)17-7-6-14(9-17)22-10-12-2-3-12/h4-5,8,12,14H,2-3,6-7,9-10H2,1H3,(H,18,19). The van der Waals surface area contributed by atoms with Crippen molar-refractivity contribution in [1.82, 2.24) is 4.31 Å². The Kier molecular flexibility index (Phi) is 4.44. The SMILES string of the molecule is Cc1cc(C(=O)O)ccc1S(=O)(=O)N1CCC(OCC2CC2)C1. The van der Waals surface area contributed by atoms with Crippen LogP contribution in [0.5, 0.6) is 0 Å². The minimum atomic E-state index is -3.61. The Labute approximate surface area is 136 Å². The van der Waals surface area contributed by atoms with Gasteiger partial charge in [0, 0.05) is 19.7 Å². The maximum atomic E-state index is 12.8. The summed E-state index contributed by atoms with van der Waals surface area (Å²) in [6.07, 6.45) is 3.09. The van der Waals surface area contributed by atoms with Crippen molar-refractivity contribution < 1.29 is 23.1 Å². The van der Waals surface area contributed by atoms with Crippen LogP contribution in [0.25, 0.3) is 0 Å². The van der Waals surface area contributed by atoms with E-state index in [1.165, 1.54) is 35.3 Å². The zero-order valence-corrected chi connectivity index (χ0v) is 13.9. The number of ether oxygens (including phenoxy) is 1. The third-order valence-electron chi connectivity index (χ3n) is 4.41. The Morgan fingerprint density at radius 3 is 2.70 bits per heavy atom. The average molecular weight is 339 g/mol. The summed E-state index contributed by atoms with van der Waals surface area (Å²) in [7, 11) is -3.61. The molecule has 0 radical (unpaired) electrons. The summed E-state index contributed by atoms with van der Waals surface area (Å²) in [6, 6.07) is 4.11. The van der Waals surface area contributed by atoms with Crippen LogP contribution in [0.1, 0.15) is 35.2 Å². The smallest absolute Gasteiger partial charge is 0.335 e. The zero-order chi connectivity index (χ0) is 16.6. The maximum Gasteiger partial charge on any atom is 0.335 e. The average Bonchev–Trinajstić information content (AvgIpc) is 3.20. The number of carbonyl (C=O) groups is 1. The quantitative estimate of drug-likeness (QED) is 0.855. The van der Waals surface area contributed by atoms with Crippen LogP contribution in [0, 0.1) is 12.8 Å². The molecule has 1 saturated heterocycles. The molecule has 1 N–H and O–H groups in total. The second-order valence-corrected chi connectivity index (χ2v) is 8.24. The van der Waals surface area contributed by atoms with Gasteiger partial charge < -0.3 is 9.84 Å². The molecule has 1 heterocycles. The molecule has 0 spiro atoms. The van der Waals surface area contributed by atoms with Crippen LogP contribution < -0.4 is 0 Å². The fourth-order valence-electron chi connectivity index (χ4n) is 2.82. The Hall–Kier alpha value is -1.44. The molecule has 1 aliphatic carbocycles. The van der Waals surface area contributed by atoms with Gasteiger partial charge in [-0.2, -0.15) is 4.31 Å². The molecular weight excluding hydrogens is 318 g/mol. The molecule has 1 aromatic carbocycles. The molecule has 2 aliphatic rings. The van der Waals surface area contributed by atoms with E-state index >= 15 is 0 Å². The number of benzene rings is 1. The molecule has 2 fully saturated rings. The molecule has 1 aliphatic heterocycles. The molecule has 1 unspecified atom stereocenters. The molecule has 1 atom stereocenters. The van der Waals surface area contributed by atoms with Crippen LogP contribution in [-0.4, -0.2) is 49.6 Å². The van der Waals surface area contributed by atoms with Crippen LogP contribution in [0.4, 0.5) is 0 Å². The monoisotopic (exact) mass is 339 g/mol. The zero-order valence-electron chi connectivity index (χ0n) is 13.1. The Morgan fingerprint density at radius 2 is 2.09 bits per heavy atom. The van der Waals surface area contributed by atoms with E-state index in [0.717, 1.165) is 6.61 Å². The van der Waals surface area contributed by atoms with E-state index in [1.807, 2.05) is 0 Å². The molecule has 1 aromatic rings. The van der Waals surface area contributed by atoms with E-state index in [9.17, 15) is 13.2 Å². The molecular formula is C16H21NO5S. The van der Waals surface area contributed by atoms with E-state index in [4.69, 9.17) is 9.84 Å². The molecule has 23 heavy (non-hydrogen) atoms. The van der Waals surface area contributed by atoms with Crippen LogP contribution in [0.15, 0.2) is 23.1 Å². The predicted octanol–water partition coefficient (Wildman–Crippen LogP) is 1.88. The maximum absolute atomic E-state index is 12.8. The number of sulfonamides is 1. The molecule has 0 bridgehead atoms. The van der Waals surface area contributed by atoms with E-state index < -0.39 is 16.0 Å². The normalized spacial score (nSPS) is 22.4. The summed E-state index contributed by atoms with van der Waals surface area (Å²) >= 11 is 0. The number of rotatable bonds is 6. The summed E-state index contributed by atoms with van der Waals surface area (Å²) in [4.78, 5) is 11.1. The minimum Gasteiger partial charge on any atom is -0.478 e. The number of aryl methyl sites for hydroxylation is 1. The molecule has 6 nitrogen and oxygen atoms in total. The van der Waals surface area contributed by atoms with Crippen LogP contribution in [0.2, 0.25) is 0 Å². The van der Waals surface area contributed by atoms with Crippen LogP contribution in [-0.2, 0) is 14.8 Å². The fraction of sp³-hybridized carbons (Fsp3) is 0.562. The number of carboxylic acids is 1. The number of hydrogen-bond donors (Lipinski definition) is 1. The summed E-state index contributed by atoms with van der Waals surface area (Å²) < 4.78 is 32.7. The van der Waals surface area contributed by atoms with E-state index in [2.05, 4.69) is 0 Å². The van der Waals surface area contributed by atoms with Gasteiger partial charge in [0.25, 0.3) is 0 Å². The van der Waals surface area contributed by atoms with Crippen molar-refractivity contribution in [1.29, 1.82) is 0 Å². The van der Waals surface area contributed by atoms with Gasteiger partial charge in [-0.15, -0.1) is 0 Å². The van der Waals surface area contributed by atoms with Gasteiger partial charge in [0.05, 0.1) is 16.6 Å². The lowest BCUT2D eigenvalue weighted by atomic mass is 10.1. The van der Waals surface area contributed by atoms with E-state index in [-0.39, 0.29) is 16.6 Å². The lowest BCUT2D eigenvalue weighted by Gasteiger charge is -2.18. The number of aromatic carboxylic acids is 1. The summed E-state index contributed by atoms with van der Waals surface area (Å²) in [6.45, 7) is 3.16. The third kappa shape index (κ3) is 3.57. The van der Waals surface area contributed by atoms with Gasteiger partial charge in [-0.25, -0.2) is 13.2 Å². The first-order valence-corrected chi connectivity index (χ1v) is 9.27. The summed E-state index contributed by atoms with van der Waals surface area (Å²) in [5.41, 5.74) is 0.542. The number of carboxylic acid groups (broad SMARTS) is 1. The van der Waals surface area contributed by atoms with Crippen molar-refractivity contribution in [3.05, 3.63) is 29.3 Å². The molecule has 7 heteroatoms. The molecule has 0 amide bonds. The number of hydrogen-bond acceptors (Lipinski definition) is 4. The molecule has 1 saturated carbocycles. The van der Waals surface area contributed by atoms with Crippen molar-refractivity contribution in [3.63, 3.8) is 0 Å². The first-order valence-electron chi connectivity index (χ1n) is 7.83. The van der Waals surface area contributed by atoms with Crippen LogP contribution >= 0.6 is 0 Å². The highest BCUT2D eigenvalue weighted by Gasteiger charge is 2.35. The molecule has 126 valence electrons. The van der Waals surface area contributed by atoms with Gasteiger partial charge in [-0.3, -0.25) is 0 Å². The van der Waals surface area contributed by atoms with Gasteiger partial charge in [-0.05, 0) is 55.9 Å². The number of nitrogens with zero attached hydrogens (tertiary/aromatic N) is 1. The van der Waals surface area contributed by atoms with Crippen molar-refractivity contribution in [2.45, 2.75) is 37.2 Å².